The Morgan fingerprint density at radius 1 is 1.67 bits per heavy atom. The number of nitrogens with two attached hydrogens (primary N) is 1. The van der Waals surface area contributed by atoms with Crippen molar-refractivity contribution in [1.29, 1.82) is 0 Å². The molecule has 2 rings (SSSR count). The van der Waals surface area contributed by atoms with E-state index < -0.39 is 6.04 Å². The molecular weight excluding hydrogens is 234 g/mol. The molecule has 3 N–H and O–H groups in total. The van der Waals surface area contributed by atoms with Crippen LogP contribution < -0.4 is 11.1 Å². The second kappa shape index (κ2) is 5.22. The van der Waals surface area contributed by atoms with Gasteiger partial charge in [0, 0.05) is 13.1 Å². The van der Waals surface area contributed by atoms with Crippen LogP contribution in [0.3, 0.4) is 0 Å². The monoisotopic (exact) mass is 251 g/mol. The van der Waals surface area contributed by atoms with Gasteiger partial charge in [-0.05, 0) is 12.5 Å². The Kier molecular flexibility index (Phi) is 3.66. The predicted octanol–water partition coefficient (Wildman–Crippen LogP) is 0.0889. The third-order valence-electron chi connectivity index (χ3n) is 3.08. The number of nitrogens with one attached hydrogen (secondary N) is 1. The van der Waals surface area contributed by atoms with Gasteiger partial charge < -0.3 is 20.4 Å². The van der Waals surface area contributed by atoms with Crippen molar-refractivity contribution in [1.82, 2.24) is 10.2 Å². The third-order valence-corrected chi connectivity index (χ3v) is 3.08. The average molecular weight is 251 g/mol. The summed E-state index contributed by atoms with van der Waals surface area (Å²) in [5, 5.41) is 2.76. The first-order valence-electron chi connectivity index (χ1n) is 6.03. The van der Waals surface area contributed by atoms with Crippen LogP contribution in [0.5, 0.6) is 0 Å². The summed E-state index contributed by atoms with van der Waals surface area (Å²) in [7, 11) is 0. The van der Waals surface area contributed by atoms with Crippen LogP contribution in [-0.2, 0) is 11.3 Å². The molecule has 0 bridgehead atoms. The van der Waals surface area contributed by atoms with Crippen molar-refractivity contribution in [2.45, 2.75) is 25.9 Å². The maximum atomic E-state index is 12.3. The van der Waals surface area contributed by atoms with Crippen molar-refractivity contribution in [2.24, 2.45) is 5.73 Å². The highest BCUT2D eigenvalue weighted by atomic mass is 16.3. The molecule has 1 unspecified atom stereocenters. The van der Waals surface area contributed by atoms with Crippen molar-refractivity contribution in [3.05, 3.63) is 23.7 Å². The second-order valence-corrected chi connectivity index (χ2v) is 4.22. The van der Waals surface area contributed by atoms with Gasteiger partial charge in [-0.15, -0.1) is 0 Å². The molecule has 1 aromatic rings. The molecule has 1 aromatic heterocycles. The minimum atomic E-state index is -0.400. The fourth-order valence-electron chi connectivity index (χ4n) is 2.13. The molecule has 0 saturated carbocycles. The van der Waals surface area contributed by atoms with Gasteiger partial charge in [0.05, 0.1) is 12.1 Å². The molecule has 18 heavy (non-hydrogen) atoms. The lowest BCUT2D eigenvalue weighted by Crippen LogP contribution is -2.56. The van der Waals surface area contributed by atoms with Crippen LogP contribution in [0.25, 0.3) is 0 Å². The summed E-state index contributed by atoms with van der Waals surface area (Å²) in [5.74, 6) is 0.285. The van der Waals surface area contributed by atoms with Crippen molar-refractivity contribution >= 4 is 11.8 Å². The zero-order valence-corrected chi connectivity index (χ0v) is 10.3. The van der Waals surface area contributed by atoms with Gasteiger partial charge >= 0.3 is 0 Å². The lowest BCUT2D eigenvalue weighted by atomic mass is 10.1. The molecule has 2 heterocycles. The average Bonchev–Trinajstić information content (AvgIpc) is 2.86. The number of amides is 2. The van der Waals surface area contributed by atoms with Gasteiger partial charge in [0.1, 0.15) is 18.1 Å². The summed E-state index contributed by atoms with van der Waals surface area (Å²) in [4.78, 5) is 25.6. The second-order valence-electron chi connectivity index (χ2n) is 4.22. The molecule has 1 aliphatic rings. The third kappa shape index (κ3) is 2.24. The summed E-state index contributed by atoms with van der Waals surface area (Å²) in [6.45, 7) is 3.15. The van der Waals surface area contributed by atoms with Crippen molar-refractivity contribution in [2.75, 3.05) is 13.1 Å². The summed E-state index contributed by atoms with van der Waals surface area (Å²) >= 11 is 0. The number of carbonyl (C=O) groups excluding carboxylic acids is 2. The Hall–Kier alpha value is -1.82. The molecule has 98 valence electrons. The van der Waals surface area contributed by atoms with E-state index in [0.29, 0.717) is 30.8 Å². The molecule has 0 aliphatic carbocycles. The van der Waals surface area contributed by atoms with Crippen LogP contribution >= 0.6 is 0 Å². The number of rotatable bonds is 3. The molecule has 0 spiro atoms. The van der Waals surface area contributed by atoms with Crippen molar-refractivity contribution < 1.29 is 14.0 Å². The Morgan fingerprint density at radius 2 is 2.44 bits per heavy atom. The maximum Gasteiger partial charge on any atom is 0.257 e. The highest BCUT2D eigenvalue weighted by molar-refractivity contribution is 5.98. The molecule has 0 aromatic carbocycles. The van der Waals surface area contributed by atoms with E-state index in [1.165, 1.54) is 6.26 Å². The van der Waals surface area contributed by atoms with Crippen molar-refractivity contribution in [3.63, 3.8) is 0 Å². The van der Waals surface area contributed by atoms with E-state index in [-0.39, 0.29) is 18.4 Å². The molecular formula is C12H17N3O3. The lowest BCUT2D eigenvalue weighted by molar-refractivity contribution is -0.127. The van der Waals surface area contributed by atoms with Crippen LogP contribution in [0.15, 0.2) is 16.7 Å². The Labute approximate surface area is 105 Å². The van der Waals surface area contributed by atoms with Crippen LogP contribution in [0, 0.1) is 0 Å². The fourth-order valence-corrected chi connectivity index (χ4v) is 2.13. The van der Waals surface area contributed by atoms with Gasteiger partial charge in [0.25, 0.3) is 5.91 Å². The quantitative estimate of drug-likeness (QED) is 0.796. The topological polar surface area (TPSA) is 88.6 Å². The normalized spacial score (nSPS) is 19.8. The molecule has 1 saturated heterocycles. The van der Waals surface area contributed by atoms with E-state index in [1.54, 1.807) is 11.0 Å². The Morgan fingerprint density at radius 3 is 3.06 bits per heavy atom. The number of piperazine rings is 1. The maximum absolute atomic E-state index is 12.3. The van der Waals surface area contributed by atoms with E-state index in [0.717, 1.165) is 0 Å². The van der Waals surface area contributed by atoms with E-state index in [9.17, 15) is 9.59 Å². The molecule has 1 atom stereocenters. The van der Waals surface area contributed by atoms with Crippen LogP contribution in [0.1, 0.15) is 29.5 Å². The number of hydrogen-bond donors (Lipinski definition) is 2. The van der Waals surface area contributed by atoms with Crippen molar-refractivity contribution in [3.8, 4) is 0 Å². The number of furan rings is 1. The lowest BCUT2D eigenvalue weighted by Gasteiger charge is -2.34. The van der Waals surface area contributed by atoms with Gasteiger partial charge in [-0.25, -0.2) is 0 Å². The summed E-state index contributed by atoms with van der Waals surface area (Å²) < 4.78 is 5.15. The highest BCUT2D eigenvalue weighted by Gasteiger charge is 2.32. The zero-order valence-electron chi connectivity index (χ0n) is 10.3. The molecule has 2 amide bonds. The van der Waals surface area contributed by atoms with Crippen LogP contribution in [0.4, 0.5) is 0 Å². The number of nitrogens with zero attached hydrogens (tertiary/aromatic N) is 1. The van der Waals surface area contributed by atoms with E-state index in [4.69, 9.17) is 10.2 Å². The zero-order chi connectivity index (χ0) is 13.1. The van der Waals surface area contributed by atoms with Gasteiger partial charge in [-0.2, -0.15) is 0 Å². The summed E-state index contributed by atoms with van der Waals surface area (Å²) in [5.41, 5.74) is 5.88. The SMILES string of the molecule is CCC1C(=O)NCCN1C(=O)c1coc(CN)c1. The minimum absolute atomic E-state index is 0.0976. The van der Waals surface area contributed by atoms with Gasteiger partial charge in [0.2, 0.25) is 5.91 Å². The number of carbonyl (C=O) groups is 2. The molecule has 6 nitrogen and oxygen atoms in total. The summed E-state index contributed by atoms with van der Waals surface area (Å²) in [6.07, 6.45) is 1.99. The minimum Gasteiger partial charge on any atom is -0.467 e. The van der Waals surface area contributed by atoms with E-state index in [2.05, 4.69) is 5.32 Å². The van der Waals surface area contributed by atoms with Crippen LogP contribution in [0.2, 0.25) is 0 Å². The van der Waals surface area contributed by atoms with E-state index >= 15 is 0 Å². The standard InChI is InChI=1S/C12H17N3O3/c1-2-10-11(16)14-3-4-15(10)12(17)8-5-9(6-13)18-7-8/h5,7,10H,2-4,6,13H2,1H3,(H,14,16). The molecule has 6 heteroatoms. The first-order valence-corrected chi connectivity index (χ1v) is 6.03. The van der Waals surface area contributed by atoms with Crippen LogP contribution in [-0.4, -0.2) is 35.8 Å². The largest absolute Gasteiger partial charge is 0.467 e. The van der Waals surface area contributed by atoms with Gasteiger partial charge in [-0.1, -0.05) is 6.92 Å². The summed E-state index contributed by atoms with van der Waals surface area (Å²) in [6, 6.07) is 1.23. The Bertz CT molecular complexity index is 455. The van der Waals surface area contributed by atoms with E-state index in [1.807, 2.05) is 6.92 Å². The molecule has 0 radical (unpaired) electrons. The smallest absolute Gasteiger partial charge is 0.257 e. The first kappa shape index (κ1) is 12.6. The fraction of sp³-hybridized carbons (Fsp3) is 0.500. The van der Waals surface area contributed by atoms with Gasteiger partial charge in [0.15, 0.2) is 0 Å². The Balaban J connectivity index is 2.18. The molecule has 1 aliphatic heterocycles. The first-order chi connectivity index (χ1) is 8.67. The van der Waals surface area contributed by atoms with Gasteiger partial charge in [-0.3, -0.25) is 9.59 Å². The number of hydrogen-bond acceptors (Lipinski definition) is 4. The predicted molar refractivity (Wildman–Crippen MR) is 64.7 cm³/mol. The highest BCUT2D eigenvalue weighted by Crippen LogP contribution is 2.15. The molecule has 1 fully saturated rings.